The monoisotopic (exact) mass is 303 g/mol. The van der Waals surface area contributed by atoms with Crippen molar-refractivity contribution in [3.8, 4) is 0 Å². The Morgan fingerprint density at radius 3 is 1.86 bits per heavy atom. The summed E-state index contributed by atoms with van der Waals surface area (Å²) in [5.41, 5.74) is -4.97. The van der Waals surface area contributed by atoms with Gasteiger partial charge in [0.1, 0.15) is 0 Å². The summed E-state index contributed by atoms with van der Waals surface area (Å²) in [5.74, 6) is -5.41. The molecule has 0 bridgehead atoms. The lowest BCUT2D eigenvalue weighted by molar-refractivity contribution is -0.337. The van der Waals surface area contributed by atoms with Gasteiger partial charge in [-0.3, -0.25) is 4.98 Å². The van der Waals surface area contributed by atoms with Crippen LogP contribution in [0.5, 0.6) is 0 Å². The molecule has 1 aromatic carbocycles. The Kier molecular flexibility index (Phi) is 3.71. The highest BCUT2D eigenvalue weighted by molar-refractivity contribution is 5.36. The van der Waals surface area contributed by atoms with Gasteiger partial charge < -0.3 is 5.11 Å². The Labute approximate surface area is 116 Å². The standard InChI is InChI=1S/C14H10F5NO/c15-13(16,14(17,18)19)12(21,10-6-2-1-3-7-10)11-8-4-5-9-20-11/h1-9,21H/t12-/m0/s1. The highest BCUT2D eigenvalue weighted by atomic mass is 19.4. The molecule has 0 amide bonds. The Morgan fingerprint density at radius 1 is 0.810 bits per heavy atom. The van der Waals surface area contributed by atoms with Crippen LogP contribution in [0.1, 0.15) is 11.3 Å². The number of hydrogen-bond donors (Lipinski definition) is 1. The lowest BCUT2D eigenvalue weighted by atomic mass is 9.83. The Hall–Kier alpha value is -2.02. The molecule has 7 heteroatoms. The quantitative estimate of drug-likeness (QED) is 0.880. The molecule has 2 aromatic rings. The van der Waals surface area contributed by atoms with Crippen LogP contribution in [0.15, 0.2) is 54.7 Å². The molecule has 0 fully saturated rings. The maximum Gasteiger partial charge on any atom is 0.457 e. The fraction of sp³-hybridized carbons (Fsp3) is 0.214. The molecule has 1 heterocycles. The van der Waals surface area contributed by atoms with E-state index in [1.54, 1.807) is 0 Å². The lowest BCUT2D eigenvalue weighted by Crippen LogP contribution is -2.56. The van der Waals surface area contributed by atoms with Gasteiger partial charge in [0, 0.05) is 6.20 Å². The second-order valence-electron chi connectivity index (χ2n) is 4.36. The number of alkyl halides is 5. The molecule has 2 nitrogen and oxygen atoms in total. The third-order valence-corrected chi connectivity index (χ3v) is 3.04. The van der Waals surface area contributed by atoms with Crippen LogP contribution in [0.3, 0.4) is 0 Å². The van der Waals surface area contributed by atoms with Crippen molar-refractivity contribution < 1.29 is 27.1 Å². The molecule has 0 unspecified atom stereocenters. The number of pyridine rings is 1. The molecule has 21 heavy (non-hydrogen) atoms. The highest BCUT2D eigenvalue weighted by Crippen LogP contribution is 2.51. The Bertz CT molecular complexity index is 558. The van der Waals surface area contributed by atoms with Crippen molar-refractivity contribution in [1.29, 1.82) is 0 Å². The number of benzene rings is 1. The maximum atomic E-state index is 13.9. The normalized spacial score (nSPS) is 15.5. The number of hydrogen-bond acceptors (Lipinski definition) is 2. The first kappa shape index (κ1) is 15.4. The first-order valence-corrected chi connectivity index (χ1v) is 5.85. The van der Waals surface area contributed by atoms with Gasteiger partial charge in [-0.2, -0.15) is 22.0 Å². The lowest BCUT2D eigenvalue weighted by Gasteiger charge is -2.36. The van der Waals surface area contributed by atoms with Crippen LogP contribution in [0, 0.1) is 0 Å². The second-order valence-corrected chi connectivity index (χ2v) is 4.36. The van der Waals surface area contributed by atoms with Crippen LogP contribution in [0.2, 0.25) is 0 Å². The van der Waals surface area contributed by atoms with Crippen molar-refractivity contribution in [2.24, 2.45) is 0 Å². The number of nitrogens with zero attached hydrogens (tertiary/aromatic N) is 1. The molecule has 1 atom stereocenters. The van der Waals surface area contributed by atoms with Crippen LogP contribution in [0.4, 0.5) is 22.0 Å². The zero-order chi connectivity index (χ0) is 15.7. The molecule has 2 rings (SSSR count). The summed E-state index contributed by atoms with van der Waals surface area (Å²) < 4.78 is 66.2. The summed E-state index contributed by atoms with van der Waals surface area (Å²) in [6.45, 7) is 0. The predicted octanol–water partition coefficient (Wildman–Crippen LogP) is 3.52. The van der Waals surface area contributed by atoms with Crippen molar-refractivity contribution >= 4 is 0 Å². The van der Waals surface area contributed by atoms with E-state index >= 15 is 0 Å². The fourth-order valence-electron chi connectivity index (χ4n) is 1.95. The van der Waals surface area contributed by atoms with Crippen LogP contribution in [-0.2, 0) is 5.60 Å². The molecule has 0 aliphatic carbocycles. The zero-order valence-corrected chi connectivity index (χ0v) is 10.5. The minimum absolute atomic E-state index is 0.592. The first-order chi connectivity index (χ1) is 9.71. The molecule has 0 aliphatic rings. The fourth-order valence-corrected chi connectivity index (χ4v) is 1.95. The predicted molar refractivity (Wildman–Crippen MR) is 64.7 cm³/mol. The number of halogens is 5. The van der Waals surface area contributed by atoms with Gasteiger partial charge in [-0.05, 0) is 17.7 Å². The average molecular weight is 303 g/mol. The van der Waals surface area contributed by atoms with E-state index in [2.05, 4.69) is 4.98 Å². The van der Waals surface area contributed by atoms with E-state index in [4.69, 9.17) is 0 Å². The van der Waals surface area contributed by atoms with Crippen molar-refractivity contribution in [2.45, 2.75) is 17.7 Å². The third kappa shape index (κ3) is 2.37. The van der Waals surface area contributed by atoms with E-state index in [9.17, 15) is 27.1 Å². The maximum absolute atomic E-state index is 13.9. The Morgan fingerprint density at radius 2 is 1.38 bits per heavy atom. The summed E-state index contributed by atoms with van der Waals surface area (Å²) in [6, 6.07) is 9.44. The van der Waals surface area contributed by atoms with E-state index < -0.39 is 29.0 Å². The topological polar surface area (TPSA) is 33.1 Å². The summed E-state index contributed by atoms with van der Waals surface area (Å²) in [4.78, 5) is 3.48. The van der Waals surface area contributed by atoms with Crippen molar-refractivity contribution in [1.82, 2.24) is 4.98 Å². The molecule has 0 radical (unpaired) electrons. The number of rotatable bonds is 3. The van der Waals surface area contributed by atoms with Gasteiger partial charge in [-0.15, -0.1) is 0 Å². The van der Waals surface area contributed by atoms with E-state index in [0.29, 0.717) is 0 Å². The molecule has 0 spiro atoms. The molecule has 0 aliphatic heterocycles. The average Bonchev–Trinajstić information content (AvgIpc) is 2.47. The SMILES string of the molecule is O[C@@](c1ccccc1)(c1ccccn1)C(F)(F)C(F)(F)F. The summed E-state index contributed by atoms with van der Waals surface area (Å²) in [5, 5.41) is 10.3. The smallest absolute Gasteiger partial charge is 0.373 e. The van der Waals surface area contributed by atoms with Gasteiger partial charge in [0.2, 0.25) is 5.60 Å². The summed E-state index contributed by atoms with van der Waals surface area (Å²) in [7, 11) is 0. The van der Waals surface area contributed by atoms with Crippen LogP contribution in [-0.4, -0.2) is 22.2 Å². The second kappa shape index (κ2) is 5.07. The van der Waals surface area contributed by atoms with Gasteiger partial charge in [0.05, 0.1) is 5.69 Å². The molecule has 1 N–H and O–H groups in total. The molecular formula is C14H10F5NO. The van der Waals surface area contributed by atoms with Gasteiger partial charge in [0.15, 0.2) is 0 Å². The van der Waals surface area contributed by atoms with E-state index in [-0.39, 0.29) is 0 Å². The van der Waals surface area contributed by atoms with Crippen molar-refractivity contribution in [3.63, 3.8) is 0 Å². The first-order valence-electron chi connectivity index (χ1n) is 5.85. The van der Waals surface area contributed by atoms with Crippen LogP contribution < -0.4 is 0 Å². The number of aliphatic hydroxyl groups is 1. The van der Waals surface area contributed by atoms with Crippen molar-refractivity contribution in [2.75, 3.05) is 0 Å². The summed E-state index contributed by atoms with van der Waals surface area (Å²) in [6.07, 6.45) is -4.90. The van der Waals surface area contributed by atoms with E-state index in [1.165, 1.54) is 30.3 Å². The highest BCUT2D eigenvalue weighted by Gasteiger charge is 2.71. The Balaban J connectivity index is 2.73. The van der Waals surface area contributed by atoms with E-state index in [0.717, 1.165) is 24.4 Å². The van der Waals surface area contributed by atoms with Gasteiger partial charge in [-0.25, -0.2) is 0 Å². The van der Waals surface area contributed by atoms with Gasteiger partial charge in [-0.1, -0.05) is 36.4 Å². The molecule has 0 saturated carbocycles. The summed E-state index contributed by atoms with van der Waals surface area (Å²) >= 11 is 0. The minimum Gasteiger partial charge on any atom is -0.373 e. The van der Waals surface area contributed by atoms with Crippen LogP contribution >= 0.6 is 0 Å². The van der Waals surface area contributed by atoms with E-state index in [1.807, 2.05) is 0 Å². The zero-order valence-electron chi connectivity index (χ0n) is 10.5. The molecule has 1 aromatic heterocycles. The third-order valence-electron chi connectivity index (χ3n) is 3.04. The molecule has 0 saturated heterocycles. The largest absolute Gasteiger partial charge is 0.457 e. The minimum atomic E-state index is -5.94. The molecule has 112 valence electrons. The van der Waals surface area contributed by atoms with Crippen molar-refractivity contribution in [3.05, 3.63) is 66.0 Å². The van der Waals surface area contributed by atoms with Gasteiger partial charge >= 0.3 is 12.1 Å². The van der Waals surface area contributed by atoms with Crippen LogP contribution in [0.25, 0.3) is 0 Å². The number of aromatic nitrogens is 1. The van der Waals surface area contributed by atoms with Gasteiger partial charge in [0.25, 0.3) is 0 Å². The molecular weight excluding hydrogens is 293 g/mol.